The van der Waals surface area contributed by atoms with Crippen molar-refractivity contribution >= 4 is 17.7 Å². The number of carbonyl (C=O) groups excluding carboxylic acids is 2. The van der Waals surface area contributed by atoms with Crippen LogP contribution >= 0.6 is 0 Å². The number of alkyl carbamates (subject to hydrolysis) is 1. The number of rotatable bonds is 5. The molecule has 0 atom stereocenters. The molecular weight excluding hydrogens is 291 g/mol. The molecule has 0 aliphatic rings. The lowest BCUT2D eigenvalue weighted by atomic mass is 10.1. The van der Waals surface area contributed by atoms with Crippen molar-refractivity contribution < 1.29 is 23.5 Å². The summed E-state index contributed by atoms with van der Waals surface area (Å²) in [7, 11) is 1.22. The monoisotopic (exact) mass is 312 g/mol. The van der Waals surface area contributed by atoms with Gasteiger partial charge >= 0.3 is 12.1 Å². The lowest BCUT2D eigenvalue weighted by Crippen LogP contribution is -2.35. The first kappa shape index (κ1) is 17.7. The quantitative estimate of drug-likeness (QED) is 0.645. The van der Waals surface area contributed by atoms with Crippen molar-refractivity contribution in [2.45, 2.75) is 26.4 Å². The third-order valence-corrected chi connectivity index (χ3v) is 2.50. The summed E-state index contributed by atoms with van der Waals surface area (Å²) in [6.07, 6.45) is -0.526. The second kappa shape index (κ2) is 7.63. The summed E-state index contributed by atoms with van der Waals surface area (Å²) in [6.45, 7) is 5.94. The first-order valence-electron chi connectivity index (χ1n) is 6.81. The molecule has 0 aromatic heterocycles. The molecule has 1 amide bonds. The Hall–Kier alpha value is -2.31. The first-order chi connectivity index (χ1) is 10.2. The Morgan fingerprint density at radius 3 is 2.50 bits per heavy atom. The number of nitrogens with one attached hydrogen (secondary N) is 2. The van der Waals surface area contributed by atoms with Crippen LogP contribution < -0.4 is 10.6 Å². The van der Waals surface area contributed by atoms with E-state index in [0.717, 1.165) is 6.07 Å². The van der Waals surface area contributed by atoms with E-state index in [1.807, 2.05) is 0 Å². The standard InChI is InChI=1S/C15H21FN2O4/c1-15(2,3)22-14(20)18-8-7-17-12-6-5-10(16)9-11(12)13(19)21-4/h5-6,9,17H,7-8H2,1-4H3,(H,18,20). The van der Waals surface area contributed by atoms with Gasteiger partial charge in [-0.3, -0.25) is 0 Å². The fourth-order valence-corrected chi connectivity index (χ4v) is 1.63. The van der Waals surface area contributed by atoms with Gasteiger partial charge in [-0.1, -0.05) is 0 Å². The van der Waals surface area contributed by atoms with E-state index in [1.165, 1.54) is 19.2 Å². The van der Waals surface area contributed by atoms with E-state index in [9.17, 15) is 14.0 Å². The number of hydrogen-bond acceptors (Lipinski definition) is 5. The molecule has 7 heteroatoms. The Labute approximate surface area is 129 Å². The number of esters is 1. The van der Waals surface area contributed by atoms with Gasteiger partial charge in [0.2, 0.25) is 0 Å². The van der Waals surface area contributed by atoms with Gasteiger partial charge < -0.3 is 20.1 Å². The Balaban J connectivity index is 2.52. The van der Waals surface area contributed by atoms with Gasteiger partial charge in [0.25, 0.3) is 0 Å². The zero-order chi connectivity index (χ0) is 16.8. The maximum Gasteiger partial charge on any atom is 0.407 e. The highest BCUT2D eigenvalue weighted by molar-refractivity contribution is 5.95. The second-order valence-electron chi connectivity index (χ2n) is 5.54. The maximum absolute atomic E-state index is 13.2. The van der Waals surface area contributed by atoms with E-state index in [4.69, 9.17) is 4.74 Å². The van der Waals surface area contributed by atoms with Crippen molar-refractivity contribution in [3.63, 3.8) is 0 Å². The van der Waals surface area contributed by atoms with Crippen molar-refractivity contribution in [3.05, 3.63) is 29.6 Å². The van der Waals surface area contributed by atoms with Crippen LogP contribution in [-0.2, 0) is 9.47 Å². The molecule has 0 spiro atoms. The normalized spacial score (nSPS) is 10.8. The van der Waals surface area contributed by atoms with Gasteiger partial charge in [-0.15, -0.1) is 0 Å². The minimum Gasteiger partial charge on any atom is -0.465 e. The van der Waals surface area contributed by atoms with Crippen molar-refractivity contribution in [2.75, 3.05) is 25.5 Å². The number of anilines is 1. The van der Waals surface area contributed by atoms with E-state index < -0.39 is 23.5 Å². The number of benzene rings is 1. The number of hydrogen-bond donors (Lipinski definition) is 2. The molecule has 0 unspecified atom stereocenters. The van der Waals surface area contributed by atoms with Crippen LogP contribution in [0.4, 0.5) is 14.9 Å². The summed E-state index contributed by atoms with van der Waals surface area (Å²) in [4.78, 5) is 23.0. The lowest BCUT2D eigenvalue weighted by molar-refractivity contribution is 0.0528. The van der Waals surface area contributed by atoms with Crippen LogP contribution in [0.15, 0.2) is 18.2 Å². The third kappa shape index (κ3) is 5.99. The second-order valence-corrected chi connectivity index (χ2v) is 5.54. The van der Waals surface area contributed by atoms with E-state index in [0.29, 0.717) is 12.2 Å². The van der Waals surface area contributed by atoms with E-state index >= 15 is 0 Å². The first-order valence-corrected chi connectivity index (χ1v) is 6.81. The minimum absolute atomic E-state index is 0.0970. The fourth-order valence-electron chi connectivity index (χ4n) is 1.63. The molecule has 6 nitrogen and oxygen atoms in total. The molecule has 0 aliphatic heterocycles. The minimum atomic E-state index is -0.637. The molecule has 0 heterocycles. The summed E-state index contributed by atoms with van der Waals surface area (Å²) in [5, 5.41) is 5.51. The average Bonchev–Trinajstić information content (AvgIpc) is 2.42. The molecule has 0 aliphatic carbocycles. The topological polar surface area (TPSA) is 76.7 Å². The van der Waals surface area contributed by atoms with E-state index in [-0.39, 0.29) is 12.1 Å². The zero-order valence-electron chi connectivity index (χ0n) is 13.2. The Bertz CT molecular complexity index is 541. The predicted octanol–water partition coefficient (Wildman–Crippen LogP) is 2.55. The molecular formula is C15H21FN2O4. The molecule has 122 valence electrons. The van der Waals surface area contributed by atoms with Crippen LogP contribution in [0.2, 0.25) is 0 Å². The summed E-state index contributed by atoms with van der Waals surface area (Å²) >= 11 is 0. The molecule has 22 heavy (non-hydrogen) atoms. The van der Waals surface area contributed by atoms with Crippen LogP contribution in [0.1, 0.15) is 31.1 Å². The van der Waals surface area contributed by atoms with Crippen LogP contribution in [0.5, 0.6) is 0 Å². The van der Waals surface area contributed by atoms with Crippen LogP contribution in [0, 0.1) is 5.82 Å². The smallest absolute Gasteiger partial charge is 0.407 e. The van der Waals surface area contributed by atoms with Gasteiger partial charge in [-0.05, 0) is 39.0 Å². The van der Waals surface area contributed by atoms with Crippen molar-refractivity contribution in [2.24, 2.45) is 0 Å². The van der Waals surface area contributed by atoms with Crippen molar-refractivity contribution in [1.29, 1.82) is 0 Å². The molecule has 0 saturated carbocycles. The molecule has 1 rings (SSSR count). The van der Waals surface area contributed by atoms with Crippen LogP contribution in [-0.4, -0.2) is 37.9 Å². The number of methoxy groups -OCH3 is 1. The highest BCUT2D eigenvalue weighted by Gasteiger charge is 2.16. The molecule has 2 N–H and O–H groups in total. The molecule has 0 saturated heterocycles. The summed E-state index contributed by atoms with van der Waals surface area (Å²) in [5.41, 5.74) is -0.0361. The van der Waals surface area contributed by atoms with Gasteiger partial charge in [0, 0.05) is 18.8 Å². The van der Waals surface area contributed by atoms with E-state index in [2.05, 4.69) is 15.4 Å². The maximum atomic E-state index is 13.2. The van der Waals surface area contributed by atoms with Gasteiger partial charge in [0.1, 0.15) is 11.4 Å². The number of halogens is 1. The van der Waals surface area contributed by atoms with Crippen LogP contribution in [0.25, 0.3) is 0 Å². The summed E-state index contributed by atoms with van der Waals surface area (Å²) < 4.78 is 22.9. The van der Waals surface area contributed by atoms with E-state index in [1.54, 1.807) is 20.8 Å². The number of ether oxygens (including phenoxy) is 2. The number of carbonyl (C=O) groups is 2. The fraction of sp³-hybridized carbons (Fsp3) is 0.467. The van der Waals surface area contributed by atoms with Gasteiger partial charge in [-0.25, -0.2) is 14.0 Å². The van der Waals surface area contributed by atoms with Crippen molar-refractivity contribution in [1.82, 2.24) is 5.32 Å². The molecule has 0 bridgehead atoms. The van der Waals surface area contributed by atoms with Gasteiger partial charge in [0.15, 0.2) is 0 Å². The highest BCUT2D eigenvalue weighted by atomic mass is 19.1. The van der Waals surface area contributed by atoms with Crippen molar-refractivity contribution in [3.8, 4) is 0 Å². The summed E-state index contributed by atoms with van der Waals surface area (Å²) in [5.74, 6) is -1.17. The largest absolute Gasteiger partial charge is 0.465 e. The van der Waals surface area contributed by atoms with Gasteiger partial charge in [0.05, 0.1) is 12.7 Å². The molecule has 0 fully saturated rings. The molecule has 1 aromatic carbocycles. The van der Waals surface area contributed by atoms with Gasteiger partial charge in [-0.2, -0.15) is 0 Å². The Kier molecular flexibility index (Phi) is 6.15. The Morgan fingerprint density at radius 1 is 1.23 bits per heavy atom. The molecule has 1 aromatic rings. The highest BCUT2D eigenvalue weighted by Crippen LogP contribution is 2.17. The Morgan fingerprint density at radius 2 is 1.91 bits per heavy atom. The molecule has 0 radical (unpaired) electrons. The third-order valence-electron chi connectivity index (χ3n) is 2.50. The average molecular weight is 312 g/mol. The van der Waals surface area contributed by atoms with Crippen LogP contribution in [0.3, 0.4) is 0 Å². The SMILES string of the molecule is COC(=O)c1cc(F)ccc1NCCNC(=O)OC(C)(C)C. The number of amides is 1. The lowest BCUT2D eigenvalue weighted by Gasteiger charge is -2.19. The summed E-state index contributed by atoms with van der Waals surface area (Å²) in [6, 6.07) is 3.76. The predicted molar refractivity (Wildman–Crippen MR) is 80.5 cm³/mol. The zero-order valence-corrected chi connectivity index (χ0v) is 13.2.